The van der Waals surface area contributed by atoms with Crippen molar-refractivity contribution in [1.29, 1.82) is 0 Å². The van der Waals surface area contributed by atoms with Crippen LogP contribution in [0.1, 0.15) is 46.1 Å². The molecular weight excluding hydrogens is 441 g/mol. The van der Waals surface area contributed by atoms with Gasteiger partial charge in [0.2, 0.25) is 0 Å². The van der Waals surface area contributed by atoms with Crippen LogP contribution in [0.15, 0.2) is 59.5 Å². The number of phenolic OH excluding ortho intramolecular Hbond substituents is 1. The summed E-state index contributed by atoms with van der Waals surface area (Å²) in [7, 11) is -3.94. The molecule has 0 aliphatic carbocycles. The summed E-state index contributed by atoms with van der Waals surface area (Å²) in [6, 6.07) is 15.0. The minimum Gasteiger partial charge on any atom is -0.508 e. The van der Waals surface area contributed by atoms with Gasteiger partial charge in [-0.2, -0.15) is 8.42 Å². The molecule has 0 heterocycles. The Bertz CT molecular complexity index is 766. The van der Waals surface area contributed by atoms with Crippen LogP contribution in [-0.4, -0.2) is 18.8 Å². The molecule has 27 heavy (non-hydrogen) atoms. The first-order valence-corrected chi connectivity index (χ1v) is 9.82. The van der Waals surface area contributed by atoms with E-state index >= 15 is 0 Å². The summed E-state index contributed by atoms with van der Waals surface area (Å²) >= 11 is 0. The van der Waals surface area contributed by atoms with Crippen LogP contribution in [-0.2, 0) is 47.2 Å². The van der Waals surface area contributed by atoms with Gasteiger partial charge in [-0.3, -0.25) is 0 Å². The summed E-state index contributed by atoms with van der Waals surface area (Å²) in [5.74, 6) is 1.47. The van der Waals surface area contributed by atoms with E-state index in [1.807, 2.05) is 12.1 Å². The Morgan fingerprint density at radius 2 is 1.41 bits per heavy atom. The molecule has 0 aromatic heterocycles. The van der Waals surface area contributed by atoms with E-state index in [2.05, 4.69) is 39.0 Å². The van der Waals surface area contributed by atoms with Crippen molar-refractivity contribution in [2.45, 2.75) is 45.4 Å². The molecule has 0 fully saturated rings. The molecule has 0 saturated heterocycles. The second-order valence-electron chi connectivity index (χ2n) is 7.52. The summed E-state index contributed by atoms with van der Waals surface area (Å²) < 4.78 is 24.8. The summed E-state index contributed by atoms with van der Waals surface area (Å²) in [6.45, 7) is 11.3. The Morgan fingerprint density at radius 1 is 0.926 bits per heavy atom. The fraction of sp³-hybridized carbons (Fsp3) is 0.400. The van der Waals surface area contributed by atoms with Crippen LogP contribution in [0.4, 0.5) is 0 Å². The van der Waals surface area contributed by atoms with E-state index in [1.165, 1.54) is 29.8 Å². The van der Waals surface area contributed by atoms with Gasteiger partial charge in [0.15, 0.2) is 0 Å². The standard InChI is InChI=1S/C14H22O.C6H6O4S.Y/c1-10(2)13(14(3,4)5)11-6-8-12(15)9-7-11;7-10-11(8,9)6-4-2-1-3-5-6;/h6-10,13,15H,1-5H3;1-5,7H;. The van der Waals surface area contributed by atoms with Crippen LogP contribution >= 0.6 is 0 Å². The Morgan fingerprint density at radius 3 is 1.78 bits per heavy atom. The largest absolute Gasteiger partial charge is 0.508 e. The van der Waals surface area contributed by atoms with Gasteiger partial charge >= 0.3 is 10.1 Å². The van der Waals surface area contributed by atoms with Crippen molar-refractivity contribution in [3.63, 3.8) is 0 Å². The number of benzene rings is 2. The Labute approximate surface area is 187 Å². The molecule has 2 aromatic rings. The smallest absolute Gasteiger partial charge is 0.323 e. The average Bonchev–Trinajstić information content (AvgIpc) is 2.57. The minimum absolute atomic E-state index is 0. The minimum atomic E-state index is -3.94. The molecule has 0 spiro atoms. The van der Waals surface area contributed by atoms with Crippen molar-refractivity contribution < 1.29 is 55.8 Å². The third-order valence-corrected chi connectivity index (χ3v) is 5.03. The Kier molecular flexibility index (Phi) is 10.9. The first kappa shape index (κ1) is 26.2. The van der Waals surface area contributed by atoms with Crippen molar-refractivity contribution >= 4 is 10.1 Å². The molecule has 2 N–H and O–H groups in total. The van der Waals surface area contributed by atoms with Crippen molar-refractivity contribution in [3.8, 4) is 5.75 Å². The number of hydrogen-bond donors (Lipinski definition) is 2. The van der Waals surface area contributed by atoms with E-state index in [0.717, 1.165) is 0 Å². The SMILES string of the molecule is CC(C)C(c1ccc(O)cc1)C(C)(C)C.O=S(=O)(OO)c1ccccc1.[Y]. The van der Waals surface area contributed by atoms with Gasteiger partial charge in [0.1, 0.15) is 5.75 Å². The maximum atomic E-state index is 10.7. The van der Waals surface area contributed by atoms with Crippen molar-refractivity contribution in [3.05, 3.63) is 60.2 Å². The Hall–Kier alpha value is -0.786. The van der Waals surface area contributed by atoms with Gasteiger partial charge in [-0.05, 0) is 47.1 Å². The van der Waals surface area contributed by atoms with E-state index in [-0.39, 0.29) is 43.0 Å². The van der Waals surface area contributed by atoms with Crippen molar-refractivity contribution in [2.24, 2.45) is 11.3 Å². The quantitative estimate of drug-likeness (QED) is 0.484. The molecule has 1 radical (unpaired) electrons. The third-order valence-electron chi connectivity index (χ3n) is 3.98. The average molecular weight is 469 g/mol. The zero-order valence-electron chi connectivity index (χ0n) is 16.5. The summed E-state index contributed by atoms with van der Waals surface area (Å²) in [6.07, 6.45) is 0. The monoisotopic (exact) mass is 469 g/mol. The first-order valence-electron chi connectivity index (χ1n) is 8.41. The molecule has 0 bridgehead atoms. The molecule has 0 aliphatic heterocycles. The van der Waals surface area contributed by atoms with Crippen molar-refractivity contribution in [2.75, 3.05) is 0 Å². The zero-order chi connectivity index (χ0) is 20.0. The van der Waals surface area contributed by atoms with Crippen LogP contribution in [0.25, 0.3) is 0 Å². The van der Waals surface area contributed by atoms with Gasteiger partial charge in [-0.1, -0.05) is 65.0 Å². The molecule has 1 atom stereocenters. The fourth-order valence-corrected chi connectivity index (χ4v) is 3.77. The van der Waals surface area contributed by atoms with Gasteiger partial charge < -0.3 is 5.11 Å². The molecule has 147 valence electrons. The third kappa shape index (κ3) is 8.40. The van der Waals surface area contributed by atoms with E-state index in [0.29, 0.717) is 17.6 Å². The molecule has 1 unspecified atom stereocenters. The number of hydrogen-bond acceptors (Lipinski definition) is 5. The molecule has 0 amide bonds. The molecule has 2 rings (SSSR count). The van der Waals surface area contributed by atoms with E-state index in [1.54, 1.807) is 18.2 Å². The van der Waals surface area contributed by atoms with E-state index in [4.69, 9.17) is 5.26 Å². The van der Waals surface area contributed by atoms with Gasteiger partial charge in [0.05, 0.1) is 4.90 Å². The van der Waals surface area contributed by atoms with Crippen LogP contribution in [0.2, 0.25) is 0 Å². The van der Waals surface area contributed by atoms with Crippen LogP contribution in [0.3, 0.4) is 0 Å². The number of phenols is 1. The second kappa shape index (κ2) is 11.3. The summed E-state index contributed by atoms with van der Waals surface area (Å²) in [5.41, 5.74) is 1.57. The fourth-order valence-electron chi connectivity index (χ4n) is 3.20. The van der Waals surface area contributed by atoms with Crippen LogP contribution in [0, 0.1) is 11.3 Å². The van der Waals surface area contributed by atoms with Gasteiger partial charge in [-0.15, -0.1) is 4.33 Å². The second-order valence-corrected chi connectivity index (χ2v) is 9.05. The van der Waals surface area contributed by atoms with Gasteiger partial charge in [0.25, 0.3) is 0 Å². The topological polar surface area (TPSA) is 83.8 Å². The summed E-state index contributed by atoms with van der Waals surface area (Å²) in [4.78, 5) is -0.0671. The van der Waals surface area contributed by atoms with Crippen LogP contribution in [0.5, 0.6) is 5.75 Å². The normalized spacial score (nSPS) is 12.6. The maximum absolute atomic E-state index is 10.7. The Balaban J connectivity index is 0.000000504. The van der Waals surface area contributed by atoms with Gasteiger partial charge in [0, 0.05) is 32.7 Å². The van der Waals surface area contributed by atoms with Gasteiger partial charge in [-0.25, -0.2) is 5.26 Å². The molecule has 2 aromatic carbocycles. The van der Waals surface area contributed by atoms with E-state index < -0.39 is 10.1 Å². The summed E-state index contributed by atoms with van der Waals surface area (Å²) in [5, 5.41) is 17.2. The predicted octanol–water partition coefficient (Wildman–Crippen LogP) is 5.04. The first-order chi connectivity index (χ1) is 12.0. The molecule has 7 heteroatoms. The molecular formula is C20H28O5SY. The number of rotatable bonds is 4. The van der Waals surface area contributed by atoms with Crippen LogP contribution < -0.4 is 0 Å². The molecule has 5 nitrogen and oxygen atoms in total. The predicted molar refractivity (Wildman–Crippen MR) is 102 cm³/mol. The van der Waals surface area contributed by atoms with Crippen molar-refractivity contribution in [1.82, 2.24) is 0 Å². The number of aromatic hydroxyl groups is 1. The maximum Gasteiger partial charge on any atom is 0.323 e. The molecule has 0 aliphatic rings. The molecule has 0 saturated carbocycles. The zero-order valence-corrected chi connectivity index (χ0v) is 20.1. The van der Waals surface area contributed by atoms with E-state index in [9.17, 15) is 13.5 Å².